The van der Waals surface area contributed by atoms with Gasteiger partial charge in [-0.15, -0.1) is 0 Å². The smallest absolute Gasteiger partial charge is 0.00646 e. The van der Waals surface area contributed by atoms with E-state index in [2.05, 4.69) is 41.5 Å². The third-order valence-electron chi connectivity index (χ3n) is 5.47. The highest BCUT2D eigenvalue weighted by Crippen LogP contribution is 2.59. The van der Waals surface area contributed by atoms with Crippen LogP contribution in [-0.4, -0.2) is 6.04 Å². The van der Waals surface area contributed by atoms with Crippen LogP contribution in [0.5, 0.6) is 0 Å². The largest absolute Gasteiger partial charge is 0.327 e. The van der Waals surface area contributed by atoms with Gasteiger partial charge < -0.3 is 5.73 Å². The summed E-state index contributed by atoms with van der Waals surface area (Å²) in [6.07, 6.45) is 5.20. The van der Waals surface area contributed by atoms with Crippen LogP contribution in [0.3, 0.4) is 0 Å². The second-order valence-electron chi connectivity index (χ2n) is 6.85. The van der Waals surface area contributed by atoms with E-state index in [1.54, 1.807) is 0 Å². The van der Waals surface area contributed by atoms with Crippen molar-refractivity contribution in [3.05, 3.63) is 0 Å². The molecule has 0 aromatic heterocycles. The zero-order valence-electron chi connectivity index (χ0n) is 13.4. The minimum absolute atomic E-state index is 0.394. The minimum atomic E-state index is 0.394. The average molecular weight is 253 g/mol. The van der Waals surface area contributed by atoms with E-state index in [9.17, 15) is 0 Å². The standard InChI is InChI=1S/C17H35N/c1-7-10-14-16(11(4)5)17(14)13(8-2)12(6)15(18)9-3/h11-17H,7-10,18H2,1-6H3. The van der Waals surface area contributed by atoms with Crippen LogP contribution in [0.2, 0.25) is 0 Å². The first-order valence-corrected chi connectivity index (χ1v) is 8.24. The third kappa shape index (κ3) is 3.29. The molecule has 1 heteroatoms. The van der Waals surface area contributed by atoms with Crippen molar-refractivity contribution in [2.75, 3.05) is 0 Å². The van der Waals surface area contributed by atoms with Crippen LogP contribution < -0.4 is 5.73 Å². The Bertz CT molecular complexity index is 236. The topological polar surface area (TPSA) is 26.0 Å². The van der Waals surface area contributed by atoms with Crippen molar-refractivity contribution in [1.29, 1.82) is 0 Å². The molecule has 0 aromatic rings. The molecule has 0 spiro atoms. The van der Waals surface area contributed by atoms with Gasteiger partial charge in [-0.2, -0.15) is 0 Å². The SMILES string of the molecule is CCCC1C(C(C)C)C1C(CC)C(C)C(N)CC. The third-order valence-corrected chi connectivity index (χ3v) is 5.47. The molecule has 0 aliphatic heterocycles. The molecule has 2 N–H and O–H groups in total. The molecule has 0 heterocycles. The van der Waals surface area contributed by atoms with E-state index in [1.807, 2.05) is 0 Å². The minimum Gasteiger partial charge on any atom is -0.327 e. The molecule has 1 fully saturated rings. The molecule has 0 radical (unpaired) electrons. The maximum absolute atomic E-state index is 6.30. The van der Waals surface area contributed by atoms with Crippen molar-refractivity contribution >= 4 is 0 Å². The average Bonchev–Trinajstić information content (AvgIpc) is 3.03. The maximum atomic E-state index is 6.30. The van der Waals surface area contributed by atoms with Crippen LogP contribution in [0.4, 0.5) is 0 Å². The molecule has 1 aliphatic carbocycles. The molecule has 6 unspecified atom stereocenters. The van der Waals surface area contributed by atoms with Gasteiger partial charge in [0.05, 0.1) is 0 Å². The molecule has 0 amide bonds. The quantitative estimate of drug-likeness (QED) is 0.666. The number of nitrogens with two attached hydrogens (primary N) is 1. The fourth-order valence-corrected chi connectivity index (χ4v) is 4.37. The van der Waals surface area contributed by atoms with Crippen molar-refractivity contribution in [2.45, 2.75) is 73.3 Å². The first kappa shape index (κ1) is 16.0. The summed E-state index contributed by atoms with van der Waals surface area (Å²) in [4.78, 5) is 0. The Balaban J connectivity index is 2.70. The van der Waals surface area contributed by atoms with E-state index in [4.69, 9.17) is 5.73 Å². The Morgan fingerprint density at radius 1 is 0.944 bits per heavy atom. The molecule has 1 nitrogen and oxygen atoms in total. The highest BCUT2D eigenvalue weighted by Gasteiger charge is 2.54. The number of hydrogen-bond donors (Lipinski definition) is 1. The Labute approximate surface area is 115 Å². The molecule has 1 saturated carbocycles. The Morgan fingerprint density at radius 3 is 1.94 bits per heavy atom. The van der Waals surface area contributed by atoms with Gasteiger partial charge in [-0.25, -0.2) is 0 Å². The van der Waals surface area contributed by atoms with Gasteiger partial charge in [0.25, 0.3) is 0 Å². The number of rotatable bonds is 8. The summed E-state index contributed by atoms with van der Waals surface area (Å²) in [6.45, 7) is 14.1. The Morgan fingerprint density at radius 2 is 1.56 bits per heavy atom. The maximum Gasteiger partial charge on any atom is 0.00646 e. The zero-order chi connectivity index (χ0) is 13.9. The van der Waals surface area contributed by atoms with Crippen molar-refractivity contribution < 1.29 is 0 Å². The molecular weight excluding hydrogens is 218 g/mol. The summed E-state index contributed by atoms with van der Waals surface area (Å²) in [5.41, 5.74) is 6.30. The fourth-order valence-electron chi connectivity index (χ4n) is 4.37. The lowest BCUT2D eigenvalue weighted by Gasteiger charge is -2.28. The summed E-state index contributed by atoms with van der Waals surface area (Å²) in [7, 11) is 0. The zero-order valence-corrected chi connectivity index (χ0v) is 13.4. The normalized spacial score (nSPS) is 32.3. The second-order valence-corrected chi connectivity index (χ2v) is 6.85. The first-order chi connectivity index (χ1) is 8.49. The van der Waals surface area contributed by atoms with Gasteiger partial charge in [0, 0.05) is 6.04 Å². The van der Waals surface area contributed by atoms with Gasteiger partial charge in [-0.1, -0.05) is 60.8 Å². The molecule has 0 saturated heterocycles. The van der Waals surface area contributed by atoms with Gasteiger partial charge in [0.2, 0.25) is 0 Å². The van der Waals surface area contributed by atoms with Crippen molar-refractivity contribution in [3.63, 3.8) is 0 Å². The van der Waals surface area contributed by atoms with Crippen molar-refractivity contribution in [1.82, 2.24) is 0 Å². The van der Waals surface area contributed by atoms with E-state index in [0.29, 0.717) is 12.0 Å². The lowest BCUT2D eigenvalue weighted by molar-refractivity contribution is 0.237. The first-order valence-electron chi connectivity index (χ1n) is 8.24. The monoisotopic (exact) mass is 253 g/mol. The van der Waals surface area contributed by atoms with E-state index in [0.717, 1.165) is 36.0 Å². The summed E-state index contributed by atoms with van der Waals surface area (Å²) >= 11 is 0. The van der Waals surface area contributed by atoms with Gasteiger partial charge in [0.1, 0.15) is 0 Å². The molecule has 1 rings (SSSR count). The van der Waals surface area contributed by atoms with Crippen LogP contribution in [0.25, 0.3) is 0 Å². The predicted octanol–water partition coefficient (Wildman–Crippen LogP) is 4.70. The van der Waals surface area contributed by atoms with Crippen molar-refractivity contribution in [2.24, 2.45) is 41.2 Å². The molecule has 1 aliphatic rings. The predicted molar refractivity (Wildman–Crippen MR) is 81.4 cm³/mol. The van der Waals surface area contributed by atoms with E-state index < -0.39 is 0 Å². The van der Waals surface area contributed by atoms with E-state index in [1.165, 1.54) is 19.3 Å². The van der Waals surface area contributed by atoms with Crippen LogP contribution in [0.1, 0.15) is 67.2 Å². The molecule has 0 bridgehead atoms. The summed E-state index contributed by atoms with van der Waals surface area (Å²) in [5.74, 6) is 5.32. The van der Waals surface area contributed by atoms with Gasteiger partial charge in [-0.3, -0.25) is 0 Å². The molecular formula is C17H35N. The van der Waals surface area contributed by atoms with Crippen LogP contribution >= 0.6 is 0 Å². The van der Waals surface area contributed by atoms with Crippen molar-refractivity contribution in [3.8, 4) is 0 Å². The van der Waals surface area contributed by atoms with Gasteiger partial charge in [0.15, 0.2) is 0 Å². The van der Waals surface area contributed by atoms with Gasteiger partial charge >= 0.3 is 0 Å². The molecule has 6 atom stereocenters. The highest BCUT2D eigenvalue weighted by atomic mass is 14.7. The fraction of sp³-hybridized carbons (Fsp3) is 1.00. The van der Waals surface area contributed by atoms with Gasteiger partial charge in [-0.05, 0) is 41.9 Å². The summed E-state index contributed by atoms with van der Waals surface area (Å²) in [6, 6.07) is 0.394. The van der Waals surface area contributed by atoms with Crippen LogP contribution in [-0.2, 0) is 0 Å². The number of hydrogen-bond acceptors (Lipinski definition) is 1. The lowest BCUT2D eigenvalue weighted by Crippen LogP contribution is -2.34. The van der Waals surface area contributed by atoms with Crippen LogP contribution in [0.15, 0.2) is 0 Å². The highest BCUT2D eigenvalue weighted by molar-refractivity contribution is 5.02. The van der Waals surface area contributed by atoms with E-state index in [-0.39, 0.29) is 0 Å². The Kier molecular flexibility index (Phi) is 6.17. The molecule has 108 valence electrons. The second kappa shape index (κ2) is 6.93. The van der Waals surface area contributed by atoms with Crippen LogP contribution in [0, 0.1) is 35.5 Å². The van der Waals surface area contributed by atoms with E-state index >= 15 is 0 Å². The molecule has 0 aromatic carbocycles. The summed E-state index contributed by atoms with van der Waals surface area (Å²) in [5, 5.41) is 0. The Hall–Kier alpha value is -0.0400. The molecule has 18 heavy (non-hydrogen) atoms. The lowest BCUT2D eigenvalue weighted by atomic mass is 9.80. The summed E-state index contributed by atoms with van der Waals surface area (Å²) < 4.78 is 0.